The van der Waals surface area contributed by atoms with Gasteiger partial charge in [0.15, 0.2) is 0 Å². The van der Waals surface area contributed by atoms with Crippen LogP contribution in [0.5, 0.6) is 0 Å². The van der Waals surface area contributed by atoms with Crippen molar-refractivity contribution in [1.82, 2.24) is 10.1 Å². The molecule has 1 aromatic heterocycles. The highest BCUT2D eigenvalue weighted by Crippen LogP contribution is 2.27. The van der Waals surface area contributed by atoms with Crippen LogP contribution < -0.4 is 5.73 Å². The fourth-order valence-electron chi connectivity index (χ4n) is 3.12. The molecule has 2 N–H and O–H groups in total. The molecule has 1 amide bonds. The fourth-order valence-corrected chi connectivity index (χ4v) is 3.38. The molecule has 0 radical (unpaired) electrons. The van der Waals surface area contributed by atoms with Crippen LogP contribution in [0.1, 0.15) is 29.2 Å². The molecular formula is C17H21Cl2N3O2. The van der Waals surface area contributed by atoms with E-state index in [1.54, 1.807) is 0 Å². The zero-order valence-electron chi connectivity index (χ0n) is 13.4. The molecule has 2 heterocycles. The van der Waals surface area contributed by atoms with Crippen molar-refractivity contribution >= 4 is 29.9 Å². The second-order valence-corrected chi connectivity index (χ2v) is 6.34. The molecule has 3 rings (SSSR count). The second-order valence-electron chi connectivity index (χ2n) is 6.00. The average molecular weight is 370 g/mol. The van der Waals surface area contributed by atoms with Crippen LogP contribution >= 0.6 is 24.0 Å². The van der Waals surface area contributed by atoms with Crippen molar-refractivity contribution in [1.29, 1.82) is 0 Å². The molecule has 1 aliphatic rings. The lowest BCUT2D eigenvalue weighted by Crippen LogP contribution is -2.32. The molecule has 130 valence electrons. The van der Waals surface area contributed by atoms with Gasteiger partial charge in [-0.15, -0.1) is 12.4 Å². The maximum absolute atomic E-state index is 12.5. The predicted molar refractivity (Wildman–Crippen MR) is 95.6 cm³/mol. The Bertz CT molecular complexity index is 671. The molecular weight excluding hydrogens is 349 g/mol. The number of hydrogen-bond acceptors (Lipinski definition) is 4. The number of benzene rings is 1. The van der Waals surface area contributed by atoms with Crippen molar-refractivity contribution in [3.63, 3.8) is 0 Å². The van der Waals surface area contributed by atoms with Gasteiger partial charge in [0.1, 0.15) is 0 Å². The highest BCUT2D eigenvalue weighted by Gasteiger charge is 2.33. The normalized spacial score (nSPS) is 20.0. The van der Waals surface area contributed by atoms with Crippen LogP contribution in [0.25, 0.3) is 0 Å². The van der Waals surface area contributed by atoms with Gasteiger partial charge in [0.25, 0.3) is 0 Å². The van der Waals surface area contributed by atoms with Crippen molar-refractivity contribution in [3.05, 3.63) is 52.4 Å². The summed E-state index contributed by atoms with van der Waals surface area (Å²) < 4.78 is 4.92. The van der Waals surface area contributed by atoms with Gasteiger partial charge in [-0.2, -0.15) is 0 Å². The molecule has 1 fully saturated rings. The van der Waals surface area contributed by atoms with Crippen LogP contribution in [0.4, 0.5) is 0 Å². The van der Waals surface area contributed by atoms with E-state index < -0.39 is 0 Å². The molecule has 0 spiro atoms. The number of rotatable bonds is 4. The van der Waals surface area contributed by atoms with E-state index >= 15 is 0 Å². The van der Waals surface area contributed by atoms with E-state index in [1.165, 1.54) is 5.56 Å². The molecule has 1 saturated heterocycles. The largest absolute Gasteiger partial charge is 0.344 e. The predicted octanol–water partition coefficient (Wildman–Crippen LogP) is 2.94. The van der Waals surface area contributed by atoms with Gasteiger partial charge < -0.3 is 15.2 Å². The minimum absolute atomic E-state index is 0. The lowest BCUT2D eigenvalue weighted by atomic mass is 9.95. The molecule has 0 bridgehead atoms. The summed E-state index contributed by atoms with van der Waals surface area (Å²) in [6, 6.07) is 10.1. The van der Waals surface area contributed by atoms with Crippen molar-refractivity contribution in [2.75, 3.05) is 13.1 Å². The first-order valence-electron chi connectivity index (χ1n) is 7.75. The fraction of sp³-hybridized carbons (Fsp3) is 0.412. The molecule has 5 nitrogen and oxygen atoms in total. The summed E-state index contributed by atoms with van der Waals surface area (Å²) >= 11 is 5.94. The molecule has 0 unspecified atom stereocenters. The number of carbonyl (C=O) groups excluding carboxylic acids is 1. The number of nitrogens with two attached hydrogens (primary N) is 1. The number of likely N-dealkylation sites (tertiary alicyclic amines) is 1. The van der Waals surface area contributed by atoms with Crippen LogP contribution in [-0.4, -0.2) is 35.1 Å². The standard InChI is InChI=1S/C17H20ClN3O2.ClH/c1-11-13(17(18)23-20-11)7-8-16(22)21-9-14(15(19)10-21)12-5-3-2-4-6-12;/h2-6,14-15H,7-10,19H2,1H3;1H/t14-,15+;/m0./s1. The Hall–Kier alpha value is -1.56. The van der Waals surface area contributed by atoms with Crippen LogP contribution in [0, 0.1) is 6.92 Å². The van der Waals surface area contributed by atoms with Gasteiger partial charge in [-0.1, -0.05) is 35.5 Å². The second kappa shape index (κ2) is 8.01. The number of aryl methyl sites for hydroxylation is 1. The van der Waals surface area contributed by atoms with Crippen molar-refractivity contribution in [2.45, 2.75) is 31.7 Å². The first kappa shape index (κ1) is 18.8. The summed E-state index contributed by atoms with van der Waals surface area (Å²) in [5.41, 5.74) is 8.97. The Labute approximate surface area is 152 Å². The lowest BCUT2D eigenvalue weighted by Gasteiger charge is -2.16. The lowest BCUT2D eigenvalue weighted by molar-refractivity contribution is -0.130. The third-order valence-corrected chi connectivity index (χ3v) is 4.77. The summed E-state index contributed by atoms with van der Waals surface area (Å²) in [6.07, 6.45) is 0.921. The highest BCUT2D eigenvalue weighted by molar-refractivity contribution is 6.29. The smallest absolute Gasteiger partial charge is 0.229 e. The molecule has 0 aliphatic carbocycles. The molecule has 0 saturated carbocycles. The Balaban J connectivity index is 0.00000208. The first-order chi connectivity index (χ1) is 11.1. The summed E-state index contributed by atoms with van der Waals surface area (Å²) in [5, 5.41) is 4.08. The molecule has 24 heavy (non-hydrogen) atoms. The Morgan fingerprint density at radius 3 is 2.71 bits per heavy atom. The van der Waals surface area contributed by atoms with Gasteiger partial charge in [0.05, 0.1) is 5.69 Å². The van der Waals surface area contributed by atoms with Gasteiger partial charge in [-0.05, 0) is 30.5 Å². The van der Waals surface area contributed by atoms with E-state index in [0.717, 1.165) is 11.3 Å². The minimum Gasteiger partial charge on any atom is -0.344 e. The molecule has 2 aromatic rings. The topological polar surface area (TPSA) is 72.4 Å². The number of aromatic nitrogens is 1. The van der Waals surface area contributed by atoms with Crippen LogP contribution in [0.3, 0.4) is 0 Å². The Kier molecular flexibility index (Phi) is 6.27. The van der Waals surface area contributed by atoms with Crippen LogP contribution in [-0.2, 0) is 11.2 Å². The van der Waals surface area contributed by atoms with Crippen molar-refractivity contribution < 1.29 is 9.32 Å². The van der Waals surface area contributed by atoms with E-state index in [4.69, 9.17) is 21.9 Å². The third kappa shape index (κ3) is 3.91. The summed E-state index contributed by atoms with van der Waals surface area (Å²) in [7, 11) is 0. The molecule has 1 aliphatic heterocycles. The monoisotopic (exact) mass is 369 g/mol. The third-order valence-electron chi connectivity index (χ3n) is 4.47. The molecule has 1 aromatic carbocycles. The van der Waals surface area contributed by atoms with Gasteiger partial charge in [0.2, 0.25) is 11.1 Å². The summed E-state index contributed by atoms with van der Waals surface area (Å²) in [6.45, 7) is 3.08. The Morgan fingerprint density at radius 1 is 1.38 bits per heavy atom. The average Bonchev–Trinajstić information content (AvgIpc) is 3.09. The van der Waals surface area contributed by atoms with Gasteiger partial charge in [-0.25, -0.2) is 0 Å². The number of hydrogen-bond donors (Lipinski definition) is 1. The van der Waals surface area contributed by atoms with E-state index in [2.05, 4.69) is 17.3 Å². The minimum atomic E-state index is -0.0257. The van der Waals surface area contributed by atoms with Crippen LogP contribution in [0.2, 0.25) is 5.22 Å². The first-order valence-corrected chi connectivity index (χ1v) is 8.13. The van der Waals surface area contributed by atoms with E-state index in [9.17, 15) is 4.79 Å². The van der Waals surface area contributed by atoms with Crippen molar-refractivity contribution in [3.8, 4) is 0 Å². The van der Waals surface area contributed by atoms with E-state index in [1.807, 2.05) is 30.0 Å². The number of amides is 1. The summed E-state index contributed by atoms with van der Waals surface area (Å²) in [5.74, 6) is 0.289. The number of halogens is 2. The van der Waals surface area contributed by atoms with Gasteiger partial charge >= 0.3 is 0 Å². The highest BCUT2D eigenvalue weighted by atomic mass is 35.5. The van der Waals surface area contributed by atoms with Crippen LogP contribution in [0.15, 0.2) is 34.9 Å². The summed E-state index contributed by atoms with van der Waals surface area (Å²) in [4.78, 5) is 14.3. The zero-order chi connectivity index (χ0) is 16.4. The van der Waals surface area contributed by atoms with Gasteiger partial charge in [-0.3, -0.25) is 4.79 Å². The number of carbonyl (C=O) groups is 1. The maximum Gasteiger partial charge on any atom is 0.229 e. The zero-order valence-corrected chi connectivity index (χ0v) is 15.0. The van der Waals surface area contributed by atoms with E-state index in [-0.39, 0.29) is 35.5 Å². The quantitative estimate of drug-likeness (QED) is 0.898. The van der Waals surface area contributed by atoms with Crippen molar-refractivity contribution in [2.24, 2.45) is 5.73 Å². The Morgan fingerprint density at radius 2 is 2.08 bits per heavy atom. The molecule has 2 atom stereocenters. The van der Waals surface area contributed by atoms with E-state index in [0.29, 0.717) is 25.9 Å². The number of nitrogens with zero attached hydrogens (tertiary/aromatic N) is 2. The van der Waals surface area contributed by atoms with Gasteiger partial charge in [0, 0.05) is 37.0 Å². The maximum atomic E-state index is 12.5. The molecule has 7 heteroatoms. The SMILES string of the molecule is Cc1noc(Cl)c1CCC(=O)N1C[C@@H](N)[C@H](c2ccccc2)C1.Cl.